The quantitative estimate of drug-likeness (QED) is 0.233. The third kappa shape index (κ3) is 8.84. The lowest BCUT2D eigenvalue weighted by atomic mass is 9.78. The molecule has 0 aromatic heterocycles. The molecular formula is C29H47NS. The second kappa shape index (κ2) is 12.9. The molecule has 0 aromatic carbocycles. The van der Waals surface area contributed by atoms with Crippen molar-refractivity contribution in [2.75, 3.05) is 0 Å². The van der Waals surface area contributed by atoms with Gasteiger partial charge in [0.2, 0.25) is 0 Å². The number of allylic oxidation sites excluding steroid dienone is 4. The Morgan fingerprint density at radius 3 is 2.39 bits per heavy atom. The van der Waals surface area contributed by atoms with Gasteiger partial charge in [-0.15, -0.1) is 0 Å². The molecule has 0 saturated heterocycles. The Balaban J connectivity index is 1.90. The molecule has 31 heavy (non-hydrogen) atoms. The van der Waals surface area contributed by atoms with Gasteiger partial charge >= 0.3 is 0 Å². The Morgan fingerprint density at radius 2 is 1.65 bits per heavy atom. The SMILES string of the molecule is CC1CCC/C(=C/C=C2\CCCC(C)C(CCCCC(C)(C)C#N)CCCC2C)C1=S. The molecule has 0 aliphatic heterocycles. The minimum absolute atomic E-state index is 0.158. The Morgan fingerprint density at radius 1 is 0.935 bits per heavy atom. The standard InChI is InChI=1S/C29H47NS/c1-22-11-9-16-26(18-19-27-17-10-13-24(3)28(27)31)23(2)12-8-15-25(22)14-6-7-20-29(4,5)21-30/h18-19,22-25H,6-17,20H2,1-5H3/b26-18+,27-19-. The fourth-order valence-corrected chi connectivity index (χ4v) is 5.80. The highest BCUT2D eigenvalue weighted by Crippen LogP contribution is 2.34. The lowest BCUT2D eigenvalue weighted by molar-refractivity contribution is 0.264. The molecule has 1 nitrogen and oxygen atoms in total. The number of unbranched alkanes of at least 4 members (excludes halogenated alkanes) is 1. The summed E-state index contributed by atoms with van der Waals surface area (Å²) in [6.45, 7) is 11.4. The van der Waals surface area contributed by atoms with Crippen LogP contribution in [0.2, 0.25) is 0 Å². The third-order valence-electron chi connectivity index (χ3n) is 8.05. The van der Waals surface area contributed by atoms with E-state index in [1.807, 2.05) is 0 Å². The van der Waals surface area contributed by atoms with Gasteiger partial charge in [0.1, 0.15) is 0 Å². The van der Waals surface area contributed by atoms with Gasteiger partial charge in [-0.2, -0.15) is 5.26 Å². The monoisotopic (exact) mass is 441 g/mol. The maximum absolute atomic E-state index is 9.23. The van der Waals surface area contributed by atoms with Crippen LogP contribution in [-0.4, -0.2) is 4.86 Å². The van der Waals surface area contributed by atoms with Crippen LogP contribution in [0.4, 0.5) is 0 Å². The van der Waals surface area contributed by atoms with Crippen LogP contribution in [0.25, 0.3) is 0 Å². The number of rotatable bonds is 6. The molecule has 0 N–H and O–H groups in total. The van der Waals surface area contributed by atoms with Crippen molar-refractivity contribution in [1.29, 1.82) is 5.26 Å². The van der Waals surface area contributed by atoms with Crippen molar-refractivity contribution >= 4 is 17.1 Å². The summed E-state index contributed by atoms with van der Waals surface area (Å²) in [6, 6.07) is 2.45. The fourth-order valence-electron chi connectivity index (χ4n) is 5.51. The number of hydrogen-bond donors (Lipinski definition) is 0. The predicted octanol–water partition coefficient (Wildman–Crippen LogP) is 9.38. The highest BCUT2D eigenvalue weighted by molar-refractivity contribution is 7.80. The molecule has 2 rings (SSSR count). The number of hydrogen-bond acceptors (Lipinski definition) is 2. The molecule has 0 radical (unpaired) electrons. The summed E-state index contributed by atoms with van der Waals surface area (Å²) in [5.74, 6) is 2.96. The lowest BCUT2D eigenvalue weighted by Gasteiger charge is -2.28. The van der Waals surface area contributed by atoms with E-state index in [0.717, 1.165) is 18.3 Å². The van der Waals surface area contributed by atoms with Gasteiger partial charge in [-0.1, -0.05) is 89.2 Å². The summed E-state index contributed by atoms with van der Waals surface area (Å²) in [6.07, 6.45) is 21.4. The molecule has 2 aliphatic rings. The summed E-state index contributed by atoms with van der Waals surface area (Å²) in [7, 11) is 0. The highest BCUT2D eigenvalue weighted by Gasteiger charge is 2.22. The summed E-state index contributed by atoms with van der Waals surface area (Å²) < 4.78 is 0. The molecular weight excluding hydrogens is 394 g/mol. The summed E-state index contributed by atoms with van der Waals surface area (Å²) in [5.41, 5.74) is 2.92. The molecule has 0 spiro atoms. The van der Waals surface area contributed by atoms with E-state index in [0.29, 0.717) is 11.8 Å². The Kier molecular flexibility index (Phi) is 11.0. The van der Waals surface area contributed by atoms with E-state index < -0.39 is 0 Å². The zero-order valence-electron chi connectivity index (χ0n) is 21.0. The molecule has 2 fully saturated rings. The zero-order valence-corrected chi connectivity index (χ0v) is 21.8. The van der Waals surface area contributed by atoms with E-state index in [1.165, 1.54) is 87.5 Å². The van der Waals surface area contributed by atoms with Gasteiger partial charge in [-0.3, -0.25) is 0 Å². The van der Waals surface area contributed by atoms with Crippen LogP contribution < -0.4 is 0 Å². The summed E-state index contributed by atoms with van der Waals surface area (Å²) in [5, 5.41) is 9.23. The van der Waals surface area contributed by atoms with E-state index >= 15 is 0 Å². The van der Waals surface area contributed by atoms with Gasteiger partial charge in [0.25, 0.3) is 0 Å². The fraction of sp³-hybridized carbons (Fsp3) is 0.793. The Hall–Kier alpha value is -0.940. The van der Waals surface area contributed by atoms with Crippen molar-refractivity contribution in [2.45, 2.75) is 118 Å². The van der Waals surface area contributed by atoms with Crippen molar-refractivity contribution in [3.05, 3.63) is 23.3 Å². The van der Waals surface area contributed by atoms with Crippen LogP contribution in [0.1, 0.15) is 118 Å². The van der Waals surface area contributed by atoms with E-state index in [1.54, 1.807) is 5.57 Å². The minimum Gasteiger partial charge on any atom is -0.198 e. The van der Waals surface area contributed by atoms with E-state index in [-0.39, 0.29) is 5.41 Å². The van der Waals surface area contributed by atoms with Crippen LogP contribution in [0.3, 0.4) is 0 Å². The third-order valence-corrected chi connectivity index (χ3v) is 8.71. The molecule has 174 valence electrons. The Bertz CT molecular complexity index is 677. The Labute approximate surface area is 198 Å². The minimum atomic E-state index is -0.158. The van der Waals surface area contributed by atoms with Gasteiger partial charge in [0.05, 0.1) is 11.5 Å². The highest BCUT2D eigenvalue weighted by atomic mass is 32.1. The molecule has 0 amide bonds. The number of nitriles is 1. The zero-order chi connectivity index (χ0) is 22.9. The molecule has 2 aliphatic carbocycles. The van der Waals surface area contributed by atoms with Crippen molar-refractivity contribution in [2.24, 2.45) is 29.1 Å². The first-order valence-electron chi connectivity index (χ1n) is 13.1. The number of thiocarbonyl (C=S) groups is 1. The molecule has 2 saturated carbocycles. The maximum atomic E-state index is 9.23. The van der Waals surface area contributed by atoms with Crippen molar-refractivity contribution in [1.82, 2.24) is 0 Å². The smallest absolute Gasteiger partial charge is 0.0683 e. The van der Waals surface area contributed by atoms with Crippen molar-refractivity contribution < 1.29 is 0 Å². The average Bonchev–Trinajstić information content (AvgIpc) is 2.74. The van der Waals surface area contributed by atoms with E-state index in [4.69, 9.17) is 12.2 Å². The topological polar surface area (TPSA) is 23.8 Å². The van der Waals surface area contributed by atoms with Crippen molar-refractivity contribution in [3.8, 4) is 6.07 Å². The molecule has 4 atom stereocenters. The molecule has 0 heterocycles. The summed E-state index contributed by atoms with van der Waals surface area (Å²) >= 11 is 5.72. The summed E-state index contributed by atoms with van der Waals surface area (Å²) in [4.78, 5) is 1.21. The second-order valence-corrected chi connectivity index (χ2v) is 11.7. The molecule has 0 aromatic rings. The molecule has 4 unspecified atom stereocenters. The second-order valence-electron chi connectivity index (χ2n) is 11.3. The van der Waals surface area contributed by atoms with Crippen LogP contribution in [0.15, 0.2) is 23.3 Å². The lowest BCUT2D eigenvalue weighted by Crippen LogP contribution is -2.17. The van der Waals surface area contributed by atoms with Gasteiger partial charge < -0.3 is 0 Å². The van der Waals surface area contributed by atoms with E-state index in [2.05, 4.69) is 52.8 Å². The first-order valence-corrected chi connectivity index (χ1v) is 13.5. The number of nitrogens with zero attached hydrogens (tertiary/aromatic N) is 1. The van der Waals surface area contributed by atoms with Gasteiger partial charge in [-0.05, 0) is 88.0 Å². The van der Waals surface area contributed by atoms with Crippen LogP contribution in [-0.2, 0) is 0 Å². The average molecular weight is 442 g/mol. The first-order chi connectivity index (χ1) is 14.7. The van der Waals surface area contributed by atoms with Gasteiger partial charge in [-0.25, -0.2) is 0 Å². The van der Waals surface area contributed by atoms with E-state index in [9.17, 15) is 5.26 Å². The van der Waals surface area contributed by atoms with Crippen LogP contribution in [0, 0.1) is 40.4 Å². The predicted molar refractivity (Wildman–Crippen MR) is 139 cm³/mol. The van der Waals surface area contributed by atoms with Gasteiger partial charge in [0.15, 0.2) is 0 Å². The van der Waals surface area contributed by atoms with Crippen LogP contribution in [0.5, 0.6) is 0 Å². The molecule has 2 heteroatoms. The maximum Gasteiger partial charge on any atom is 0.0683 e. The largest absolute Gasteiger partial charge is 0.198 e. The van der Waals surface area contributed by atoms with Crippen LogP contribution >= 0.6 is 12.2 Å². The van der Waals surface area contributed by atoms with Gasteiger partial charge in [0, 0.05) is 4.86 Å². The normalized spacial score (nSPS) is 31.5. The first kappa shape index (κ1) is 26.3. The van der Waals surface area contributed by atoms with Crippen molar-refractivity contribution in [3.63, 3.8) is 0 Å². The molecule has 0 bridgehead atoms.